The molecule has 0 aliphatic rings. The second-order valence-corrected chi connectivity index (χ2v) is 3.17. The van der Waals surface area contributed by atoms with Gasteiger partial charge in [-0.2, -0.15) is 0 Å². The highest BCUT2D eigenvalue weighted by Crippen LogP contribution is 2.00. The van der Waals surface area contributed by atoms with E-state index in [1.807, 2.05) is 13.0 Å². The Bertz CT molecular complexity index is 145. The fraction of sp³-hybridized carbons (Fsp3) is 0.600. The normalized spacial score (nSPS) is 11.8. The monoisotopic (exact) mass is 153 g/mol. The van der Waals surface area contributed by atoms with Crippen LogP contribution >= 0.6 is 0 Å². The second kappa shape index (κ2) is 5.14. The van der Waals surface area contributed by atoms with Crippen molar-refractivity contribution in [3.05, 3.63) is 24.3 Å². The standard InChI is InChI=1S/C10H19N/c1-6-7-10(4)8-11(5)9(2)3/h6-7,9H,4,8H2,1-3,5H3/b7-6-. The summed E-state index contributed by atoms with van der Waals surface area (Å²) in [5, 5.41) is 0. The molecule has 0 aromatic carbocycles. The van der Waals surface area contributed by atoms with E-state index in [4.69, 9.17) is 0 Å². The Morgan fingerprint density at radius 3 is 2.45 bits per heavy atom. The first-order chi connectivity index (χ1) is 5.07. The second-order valence-electron chi connectivity index (χ2n) is 3.17. The third-order valence-electron chi connectivity index (χ3n) is 1.74. The summed E-state index contributed by atoms with van der Waals surface area (Å²) in [7, 11) is 2.11. The minimum absolute atomic E-state index is 0.594. The maximum absolute atomic E-state index is 3.94. The fourth-order valence-corrected chi connectivity index (χ4v) is 0.791. The summed E-state index contributed by atoms with van der Waals surface area (Å²) < 4.78 is 0. The fourth-order valence-electron chi connectivity index (χ4n) is 0.791. The molecule has 0 aromatic heterocycles. The summed E-state index contributed by atoms with van der Waals surface area (Å²) in [6.45, 7) is 11.3. The van der Waals surface area contributed by atoms with Gasteiger partial charge in [-0.1, -0.05) is 18.7 Å². The molecule has 0 heterocycles. The van der Waals surface area contributed by atoms with E-state index < -0.39 is 0 Å². The molecule has 0 aliphatic heterocycles. The Labute approximate surface area is 70.4 Å². The average Bonchev–Trinajstić information content (AvgIpc) is 1.87. The van der Waals surface area contributed by atoms with Gasteiger partial charge in [0.05, 0.1) is 0 Å². The number of nitrogens with zero attached hydrogens (tertiary/aromatic N) is 1. The Morgan fingerprint density at radius 2 is 2.09 bits per heavy atom. The quantitative estimate of drug-likeness (QED) is 0.561. The van der Waals surface area contributed by atoms with Crippen LogP contribution in [0.5, 0.6) is 0 Å². The van der Waals surface area contributed by atoms with Crippen molar-refractivity contribution in [2.24, 2.45) is 0 Å². The molecule has 0 unspecified atom stereocenters. The van der Waals surface area contributed by atoms with Crippen LogP contribution in [0.2, 0.25) is 0 Å². The van der Waals surface area contributed by atoms with E-state index in [-0.39, 0.29) is 0 Å². The predicted molar refractivity (Wildman–Crippen MR) is 51.7 cm³/mol. The van der Waals surface area contributed by atoms with Crippen molar-refractivity contribution >= 4 is 0 Å². The summed E-state index contributed by atoms with van der Waals surface area (Å²) in [5.41, 5.74) is 1.17. The van der Waals surface area contributed by atoms with Crippen LogP contribution in [0.3, 0.4) is 0 Å². The molecule has 0 aliphatic carbocycles. The highest BCUT2D eigenvalue weighted by Gasteiger charge is 2.01. The smallest absolute Gasteiger partial charge is 0.0227 e. The lowest BCUT2D eigenvalue weighted by molar-refractivity contribution is 0.299. The van der Waals surface area contributed by atoms with E-state index in [0.717, 1.165) is 6.54 Å². The van der Waals surface area contributed by atoms with Crippen molar-refractivity contribution in [1.82, 2.24) is 4.90 Å². The van der Waals surface area contributed by atoms with Crippen LogP contribution in [-0.2, 0) is 0 Å². The van der Waals surface area contributed by atoms with Crippen LogP contribution in [0.15, 0.2) is 24.3 Å². The summed E-state index contributed by atoms with van der Waals surface area (Å²) in [4.78, 5) is 2.27. The molecular weight excluding hydrogens is 134 g/mol. The van der Waals surface area contributed by atoms with Gasteiger partial charge in [0, 0.05) is 12.6 Å². The van der Waals surface area contributed by atoms with Gasteiger partial charge in [-0.3, -0.25) is 4.90 Å². The highest BCUT2D eigenvalue weighted by molar-refractivity contribution is 5.15. The van der Waals surface area contributed by atoms with Crippen LogP contribution in [0, 0.1) is 0 Å². The van der Waals surface area contributed by atoms with E-state index in [2.05, 4.69) is 38.5 Å². The van der Waals surface area contributed by atoms with Gasteiger partial charge >= 0.3 is 0 Å². The predicted octanol–water partition coefficient (Wildman–Crippen LogP) is 2.46. The zero-order valence-corrected chi connectivity index (χ0v) is 8.09. The van der Waals surface area contributed by atoms with Crippen molar-refractivity contribution < 1.29 is 0 Å². The van der Waals surface area contributed by atoms with E-state index in [9.17, 15) is 0 Å². The van der Waals surface area contributed by atoms with Gasteiger partial charge in [0.2, 0.25) is 0 Å². The van der Waals surface area contributed by atoms with Crippen molar-refractivity contribution in [2.45, 2.75) is 26.8 Å². The molecule has 11 heavy (non-hydrogen) atoms. The summed E-state index contributed by atoms with van der Waals surface area (Å²) in [6, 6.07) is 0.594. The molecule has 0 rings (SSSR count). The van der Waals surface area contributed by atoms with E-state index in [0.29, 0.717) is 6.04 Å². The minimum atomic E-state index is 0.594. The SMILES string of the molecule is C=C(/C=C\C)CN(C)C(C)C. The van der Waals surface area contributed by atoms with Gasteiger partial charge < -0.3 is 0 Å². The molecule has 0 radical (unpaired) electrons. The molecule has 0 aromatic rings. The molecule has 0 bridgehead atoms. The van der Waals surface area contributed by atoms with Crippen LogP contribution in [-0.4, -0.2) is 24.5 Å². The molecule has 0 N–H and O–H groups in total. The topological polar surface area (TPSA) is 3.24 Å². The number of allylic oxidation sites excluding steroid dienone is 1. The summed E-state index contributed by atoms with van der Waals surface area (Å²) in [6.07, 6.45) is 4.08. The van der Waals surface area contributed by atoms with E-state index in [1.54, 1.807) is 0 Å². The average molecular weight is 153 g/mol. The minimum Gasteiger partial charge on any atom is -0.300 e. The third kappa shape index (κ3) is 4.79. The zero-order valence-electron chi connectivity index (χ0n) is 8.09. The van der Waals surface area contributed by atoms with Crippen LogP contribution < -0.4 is 0 Å². The number of rotatable bonds is 4. The number of hydrogen-bond donors (Lipinski definition) is 0. The van der Waals surface area contributed by atoms with Crippen LogP contribution in [0.1, 0.15) is 20.8 Å². The zero-order chi connectivity index (χ0) is 8.85. The van der Waals surface area contributed by atoms with Gasteiger partial charge in [0.25, 0.3) is 0 Å². The molecule has 0 saturated carbocycles. The lowest BCUT2D eigenvalue weighted by atomic mass is 10.2. The molecule has 0 spiro atoms. The Kier molecular flexibility index (Phi) is 4.88. The summed E-state index contributed by atoms with van der Waals surface area (Å²) in [5.74, 6) is 0. The molecule has 0 atom stereocenters. The van der Waals surface area contributed by atoms with Crippen LogP contribution in [0.25, 0.3) is 0 Å². The van der Waals surface area contributed by atoms with Gasteiger partial charge in [-0.25, -0.2) is 0 Å². The van der Waals surface area contributed by atoms with Crippen molar-refractivity contribution in [3.8, 4) is 0 Å². The van der Waals surface area contributed by atoms with Crippen molar-refractivity contribution in [2.75, 3.05) is 13.6 Å². The van der Waals surface area contributed by atoms with E-state index in [1.165, 1.54) is 5.57 Å². The Morgan fingerprint density at radius 1 is 1.55 bits per heavy atom. The Balaban J connectivity index is 3.75. The molecule has 0 amide bonds. The number of hydrogen-bond acceptors (Lipinski definition) is 1. The molecule has 0 fully saturated rings. The lowest BCUT2D eigenvalue weighted by Gasteiger charge is -2.20. The maximum Gasteiger partial charge on any atom is 0.0227 e. The Hall–Kier alpha value is -0.560. The van der Waals surface area contributed by atoms with Gasteiger partial charge in [-0.15, -0.1) is 0 Å². The molecule has 1 heteroatoms. The molecule has 1 nitrogen and oxygen atoms in total. The molecule has 0 saturated heterocycles. The largest absolute Gasteiger partial charge is 0.300 e. The molecule has 64 valence electrons. The van der Waals surface area contributed by atoms with E-state index >= 15 is 0 Å². The molecular formula is C10H19N. The van der Waals surface area contributed by atoms with Gasteiger partial charge in [-0.05, 0) is 33.4 Å². The maximum atomic E-state index is 3.94. The van der Waals surface area contributed by atoms with Crippen molar-refractivity contribution in [1.29, 1.82) is 0 Å². The van der Waals surface area contributed by atoms with Crippen molar-refractivity contribution in [3.63, 3.8) is 0 Å². The third-order valence-corrected chi connectivity index (χ3v) is 1.74. The lowest BCUT2D eigenvalue weighted by Crippen LogP contribution is -2.27. The first-order valence-electron chi connectivity index (χ1n) is 4.08. The van der Waals surface area contributed by atoms with Crippen LogP contribution in [0.4, 0.5) is 0 Å². The highest BCUT2D eigenvalue weighted by atomic mass is 15.1. The summed E-state index contributed by atoms with van der Waals surface area (Å²) >= 11 is 0. The first-order valence-corrected chi connectivity index (χ1v) is 4.08. The first kappa shape index (κ1) is 10.4. The van der Waals surface area contributed by atoms with Gasteiger partial charge in [0.15, 0.2) is 0 Å². The van der Waals surface area contributed by atoms with Gasteiger partial charge in [0.1, 0.15) is 0 Å². The number of likely N-dealkylation sites (N-methyl/N-ethyl adjacent to an activating group) is 1.